The first kappa shape index (κ1) is 12.1. The maximum atomic E-state index is 10.6. The average molecular weight is 311 g/mol. The Bertz CT molecular complexity index is 528. The molecule has 1 heterocycles. The molecule has 4 nitrogen and oxygen atoms in total. The van der Waals surface area contributed by atoms with Crippen LogP contribution in [0.3, 0.4) is 0 Å². The van der Waals surface area contributed by atoms with E-state index in [0.717, 1.165) is 9.37 Å². The zero-order valence-corrected chi connectivity index (χ0v) is 10.9. The lowest BCUT2D eigenvalue weighted by Gasteiger charge is -2.00. The molecule has 6 heteroatoms. The number of nitrogens with zero attached hydrogens (tertiary/aromatic N) is 2. The van der Waals surface area contributed by atoms with E-state index in [-0.39, 0.29) is 5.69 Å². The van der Waals surface area contributed by atoms with Crippen LogP contribution < -0.4 is 0 Å². The van der Waals surface area contributed by atoms with E-state index in [0.29, 0.717) is 5.03 Å². The molecule has 2 rings (SSSR count). The lowest BCUT2D eigenvalue weighted by molar-refractivity contribution is 0.0689. The summed E-state index contributed by atoms with van der Waals surface area (Å²) in [6.45, 7) is 0. The van der Waals surface area contributed by atoms with Crippen molar-refractivity contribution in [2.24, 2.45) is 0 Å². The molecular formula is C11H7BrN2O2S. The summed E-state index contributed by atoms with van der Waals surface area (Å²) in [5, 5.41) is 9.35. The third-order valence-corrected chi connectivity index (χ3v) is 3.34. The van der Waals surface area contributed by atoms with E-state index in [2.05, 4.69) is 25.9 Å². The number of rotatable bonds is 3. The molecule has 0 unspecified atom stereocenters. The lowest BCUT2D eigenvalue weighted by Crippen LogP contribution is -2.00. The van der Waals surface area contributed by atoms with E-state index < -0.39 is 5.97 Å². The SMILES string of the molecule is O=C(O)c1cnc(Sc2ccc(Br)cc2)cn1. The Labute approximate surface area is 110 Å². The second-order valence-electron chi connectivity index (χ2n) is 3.10. The maximum Gasteiger partial charge on any atom is 0.356 e. The molecule has 0 aliphatic carbocycles. The summed E-state index contributed by atoms with van der Waals surface area (Å²) >= 11 is 4.78. The van der Waals surface area contributed by atoms with Crippen molar-refractivity contribution in [3.05, 3.63) is 46.8 Å². The summed E-state index contributed by atoms with van der Waals surface area (Å²) < 4.78 is 1.01. The fourth-order valence-electron chi connectivity index (χ4n) is 1.10. The molecule has 0 amide bonds. The van der Waals surface area contributed by atoms with Crippen molar-refractivity contribution in [2.45, 2.75) is 9.92 Å². The highest BCUT2D eigenvalue weighted by molar-refractivity contribution is 9.10. The van der Waals surface area contributed by atoms with Gasteiger partial charge in [0.2, 0.25) is 0 Å². The van der Waals surface area contributed by atoms with Crippen molar-refractivity contribution < 1.29 is 9.90 Å². The third kappa shape index (κ3) is 3.28. The van der Waals surface area contributed by atoms with Crippen molar-refractivity contribution in [3.63, 3.8) is 0 Å². The molecular weight excluding hydrogens is 304 g/mol. The molecule has 0 radical (unpaired) electrons. The van der Waals surface area contributed by atoms with E-state index in [1.807, 2.05) is 24.3 Å². The van der Waals surface area contributed by atoms with Crippen LogP contribution in [0.4, 0.5) is 0 Å². The number of hydrogen-bond acceptors (Lipinski definition) is 4. The molecule has 0 spiro atoms. The molecule has 2 aromatic rings. The van der Waals surface area contributed by atoms with Crippen LogP contribution in [-0.4, -0.2) is 21.0 Å². The molecule has 1 aromatic carbocycles. The van der Waals surface area contributed by atoms with E-state index >= 15 is 0 Å². The topological polar surface area (TPSA) is 63.1 Å². The van der Waals surface area contributed by atoms with Gasteiger partial charge in [-0.3, -0.25) is 0 Å². The van der Waals surface area contributed by atoms with Crippen molar-refractivity contribution >= 4 is 33.7 Å². The van der Waals surface area contributed by atoms with Crippen molar-refractivity contribution in [2.75, 3.05) is 0 Å². The van der Waals surface area contributed by atoms with Gasteiger partial charge in [0.05, 0.1) is 12.4 Å². The van der Waals surface area contributed by atoms with Gasteiger partial charge in [0.1, 0.15) is 5.03 Å². The summed E-state index contributed by atoms with van der Waals surface area (Å²) in [5.41, 5.74) is -0.0508. The number of benzene rings is 1. The fourth-order valence-corrected chi connectivity index (χ4v) is 2.09. The molecule has 1 aromatic heterocycles. The van der Waals surface area contributed by atoms with Gasteiger partial charge in [0.25, 0.3) is 0 Å². The largest absolute Gasteiger partial charge is 0.476 e. The number of carbonyl (C=O) groups is 1. The standard InChI is InChI=1S/C11H7BrN2O2S/c12-7-1-3-8(4-2-7)17-10-6-13-9(5-14-10)11(15)16/h1-6H,(H,15,16). The molecule has 86 valence electrons. The Hall–Kier alpha value is -1.40. The summed E-state index contributed by atoms with van der Waals surface area (Å²) in [5.74, 6) is -1.07. The van der Waals surface area contributed by atoms with Gasteiger partial charge in [-0.2, -0.15) is 0 Å². The number of aromatic carboxylic acids is 1. The van der Waals surface area contributed by atoms with Gasteiger partial charge in [-0.05, 0) is 24.3 Å². The molecule has 17 heavy (non-hydrogen) atoms. The van der Waals surface area contributed by atoms with E-state index in [1.54, 1.807) is 0 Å². The highest BCUT2D eigenvalue weighted by Gasteiger charge is 2.05. The molecule has 0 fully saturated rings. The highest BCUT2D eigenvalue weighted by atomic mass is 79.9. The maximum absolute atomic E-state index is 10.6. The van der Waals surface area contributed by atoms with Gasteiger partial charge in [0.15, 0.2) is 5.69 Å². The summed E-state index contributed by atoms with van der Waals surface area (Å²) in [6, 6.07) is 7.76. The minimum atomic E-state index is -1.07. The van der Waals surface area contributed by atoms with Crippen LogP contribution in [0.25, 0.3) is 0 Å². The molecule has 0 aliphatic rings. The zero-order valence-electron chi connectivity index (χ0n) is 8.50. The van der Waals surface area contributed by atoms with E-state index in [4.69, 9.17) is 5.11 Å². The Morgan fingerprint density at radius 2 is 1.88 bits per heavy atom. The molecule has 0 bridgehead atoms. The normalized spacial score (nSPS) is 10.2. The van der Waals surface area contributed by atoms with Gasteiger partial charge in [-0.15, -0.1) is 0 Å². The highest BCUT2D eigenvalue weighted by Crippen LogP contribution is 2.26. The number of carboxylic acids is 1. The third-order valence-electron chi connectivity index (χ3n) is 1.88. The van der Waals surface area contributed by atoms with Crippen LogP contribution in [0, 0.1) is 0 Å². The van der Waals surface area contributed by atoms with E-state index in [1.165, 1.54) is 24.2 Å². The van der Waals surface area contributed by atoms with Crippen LogP contribution in [0.2, 0.25) is 0 Å². The Balaban J connectivity index is 2.13. The fraction of sp³-hybridized carbons (Fsp3) is 0. The number of aromatic nitrogens is 2. The van der Waals surface area contributed by atoms with Crippen LogP contribution in [0.1, 0.15) is 10.5 Å². The van der Waals surface area contributed by atoms with Crippen LogP contribution in [0.15, 0.2) is 51.1 Å². The van der Waals surface area contributed by atoms with Gasteiger partial charge < -0.3 is 5.11 Å². The molecule has 0 saturated carbocycles. The number of halogens is 1. The predicted octanol–water partition coefficient (Wildman–Crippen LogP) is 3.09. The molecule has 0 saturated heterocycles. The minimum absolute atomic E-state index is 0.0508. The molecule has 1 N–H and O–H groups in total. The second-order valence-corrected chi connectivity index (χ2v) is 5.11. The summed E-state index contributed by atoms with van der Waals surface area (Å²) in [4.78, 5) is 19.4. The minimum Gasteiger partial charge on any atom is -0.476 e. The predicted molar refractivity (Wildman–Crippen MR) is 67.3 cm³/mol. The monoisotopic (exact) mass is 310 g/mol. The van der Waals surface area contributed by atoms with Crippen molar-refractivity contribution in [1.29, 1.82) is 0 Å². The number of carboxylic acid groups (broad SMARTS) is 1. The van der Waals surface area contributed by atoms with Crippen LogP contribution in [0.5, 0.6) is 0 Å². The van der Waals surface area contributed by atoms with Crippen molar-refractivity contribution in [3.8, 4) is 0 Å². The Morgan fingerprint density at radius 1 is 1.18 bits per heavy atom. The smallest absolute Gasteiger partial charge is 0.356 e. The first-order chi connectivity index (χ1) is 8.15. The second kappa shape index (κ2) is 5.29. The quantitative estimate of drug-likeness (QED) is 0.944. The van der Waals surface area contributed by atoms with Gasteiger partial charge in [-0.25, -0.2) is 14.8 Å². The first-order valence-corrected chi connectivity index (χ1v) is 6.25. The molecule has 0 atom stereocenters. The van der Waals surface area contributed by atoms with Crippen LogP contribution >= 0.6 is 27.7 Å². The van der Waals surface area contributed by atoms with Gasteiger partial charge in [-0.1, -0.05) is 27.7 Å². The molecule has 0 aliphatic heterocycles. The average Bonchev–Trinajstić information content (AvgIpc) is 2.33. The summed E-state index contributed by atoms with van der Waals surface area (Å²) in [7, 11) is 0. The van der Waals surface area contributed by atoms with E-state index in [9.17, 15) is 4.79 Å². The Morgan fingerprint density at radius 3 is 2.41 bits per heavy atom. The lowest BCUT2D eigenvalue weighted by atomic mass is 10.4. The summed E-state index contributed by atoms with van der Waals surface area (Å²) in [6.07, 6.45) is 2.71. The number of hydrogen-bond donors (Lipinski definition) is 1. The van der Waals surface area contributed by atoms with Crippen LogP contribution in [-0.2, 0) is 0 Å². The van der Waals surface area contributed by atoms with Crippen molar-refractivity contribution in [1.82, 2.24) is 9.97 Å². The van der Waals surface area contributed by atoms with Gasteiger partial charge >= 0.3 is 5.97 Å². The zero-order chi connectivity index (χ0) is 12.3. The van der Waals surface area contributed by atoms with Gasteiger partial charge in [0, 0.05) is 9.37 Å². The Kier molecular flexibility index (Phi) is 3.75. The first-order valence-electron chi connectivity index (χ1n) is 4.64.